The number of H-pyrrole nitrogens is 1. The molecule has 2 aromatic heterocycles. The molecule has 0 aliphatic rings. The normalized spacial score (nSPS) is 10.8. The van der Waals surface area contributed by atoms with Crippen molar-refractivity contribution in [2.75, 3.05) is 17.2 Å². The van der Waals surface area contributed by atoms with Gasteiger partial charge >= 0.3 is 0 Å². The molecule has 0 bridgehead atoms. The number of benzene rings is 1. The largest absolute Gasteiger partial charge is 0.354 e. The molecule has 0 aliphatic heterocycles. The first kappa shape index (κ1) is 13.6. The second-order valence-corrected chi connectivity index (χ2v) is 4.69. The third-order valence-corrected chi connectivity index (χ3v) is 3.17. The first-order valence-corrected chi connectivity index (χ1v) is 6.73. The van der Waals surface area contributed by atoms with Gasteiger partial charge in [0.2, 0.25) is 5.95 Å². The molecule has 0 fully saturated rings. The van der Waals surface area contributed by atoms with Crippen LogP contribution in [0.1, 0.15) is 6.92 Å². The Kier molecular flexibility index (Phi) is 3.57. The maximum Gasteiger partial charge on any atom is 0.226 e. The number of para-hydroxylation sites is 1. The zero-order valence-corrected chi connectivity index (χ0v) is 11.9. The molecule has 108 valence electrons. The number of aromatic amines is 1. The van der Waals surface area contributed by atoms with Crippen molar-refractivity contribution in [3.63, 3.8) is 0 Å². The van der Waals surface area contributed by atoms with Crippen molar-refractivity contribution in [2.24, 2.45) is 0 Å². The van der Waals surface area contributed by atoms with Gasteiger partial charge in [-0.2, -0.15) is 15.1 Å². The number of hydrogen-bond acceptors (Lipinski definition) is 5. The molecule has 3 aromatic rings. The highest BCUT2D eigenvalue weighted by Gasteiger charge is 2.13. The Bertz CT molecular complexity index is 767. The van der Waals surface area contributed by atoms with Gasteiger partial charge in [-0.1, -0.05) is 17.7 Å². The minimum absolute atomic E-state index is 0.169. The molecule has 21 heavy (non-hydrogen) atoms. The van der Waals surface area contributed by atoms with E-state index in [1.54, 1.807) is 18.3 Å². The van der Waals surface area contributed by atoms with Gasteiger partial charge in [0.15, 0.2) is 5.65 Å². The number of aromatic nitrogens is 4. The van der Waals surface area contributed by atoms with Crippen molar-refractivity contribution in [3.05, 3.63) is 35.2 Å². The third kappa shape index (κ3) is 2.59. The molecule has 0 saturated carbocycles. The molecule has 8 heteroatoms. The molecule has 0 atom stereocenters. The average molecular weight is 307 g/mol. The average Bonchev–Trinajstić information content (AvgIpc) is 2.92. The van der Waals surface area contributed by atoms with E-state index in [1.165, 1.54) is 6.07 Å². The Labute approximate surface area is 124 Å². The van der Waals surface area contributed by atoms with Crippen molar-refractivity contribution in [3.8, 4) is 0 Å². The minimum Gasteiger partial charge on any atom is -0.354 e. The highest BCUT2D eigenvalue weighted by molar-refractivity contribution is 6.33. The van der Waals surface area contributed by atoms with E-state index in [2.05, 4.69) is 30.8 Å². The van der Waals surface area contributed by atoms with Crippen LogP contribution in [0.25, 0.3) is 11.0 Å². The first-order chi connectivity index (χ1) is 10.2. The summed E-state index contributed by atoms with van der Waals surface area (Å²) in [6.07, 6.45) is 1.57. The van der Waals surface area contributed by atoms with E-state index < -0.39 is 5.82 Å². The van der Waals surface area contributed by atoms with Crippen LogP contribution in [0, 0.1) is 5.82 Å². The number of fused-ring (bicyclic) bond motifs is 1. The summed E-state index contributed by atoms with van der Waals surface area (Å²) in [6, 6.07) is 4.47. The molecule has 0 spiro atoms. The van der Waals surface area contributed by atoms with E-state index in [0.717, 1.165) is 0 Å². The summed E-state index contributed by atoms with van der Waals surface area (Å²) in [5.41, 5.74) is 0.721. The van der Waals surface area contributed by atoms with Crippen molar-refractivity contribution >= 4 is 40.1 Å². The third-order valence-electron chi connectivity index (χ3n) is 2.85. The predicted molar refractivity (Wildman–Crippen MR) is 80.5 cm³/mol. The second-order valence-electron chi connectivity index (χ2n) is 4.28. The van der Waals surface area contributed by atoms with Gasteiger partial charge in [-0.05, 0) is 19.1 Å². The lowest BCUT2D eigenvalue weighted by molar-refractivity contribution is 0.632. The van der Waals surface area contributed by atoms with Crippen LogP contribution >= 0.6 is 11.6 Å². The van der Waals surface area contributed by atoms with Gasteiger partial charge in [0, 0.05) is 6.54 Å². The highest BCUT2D eigenvalue weighted by atomic mass is 35.5. The molecular weight excluding hydrogens is 295 g/mol. The summed E-state index contributed by atoms with van der Waals surface area (Å²) in [5, 5.41) is 13.5. The lowest BCUT2D eigenvalue weighted by atomic mass is 10.3. The summed E-state index contributed by atoms with van der Waals surface area (Å²) < 4.78 is 13.9. The van der Waals surface area contributed by atoms with Crippen LogP contribution in [0.4, 0.5) is 21.8 Å². The van der Waals surface area contributed by atoms with Gasteiger partial charge in [0.1, 0.15) is 11.6 Å². The Hall–Kier alpha value is -2.41. The lowest BCUT2D eigenvalue weighted by Crippen LogP contribution is -2.05. The number of anilines is 3. The van der Waals surface area contributed by atoms with Crippen LogP contribution in [0.5, 0.6) is 0 Å². The molecule has 3 N–H and O–H groups in total. The van der Waals surface area contributed by atoms with Gasteiger partial charge in [-0.15, -0.1) is 0 Å². The molecule has 0 unspecified atom stereocenters. The number of rotatable bonds is 4. The summed E-state index contributed by atoms with van der Waals surface area (Å²) in [4.78, 5) is 8.59. The van der Waals surface area contributed by atoms with Crippen molar-refractivity contribution in [1.82, 2.24) is 20.2 Å². The minimum atomic E-state index is -0.456. The molecule has 0 saturated heterocycles. The zero-order valence-electron chi connectivity index (χ0n) is 11.1. The first-order valence-electron chi connectivity index (χ1n) is 6.35. The Balaban J connectivity index is 2.09. The van der Waals surface area contributed by atoms with Gasteiger partial charge in [-0.25, -0.2) is 4.39 Å². The van der Waals surface area contributed by atoms with Gasteiger partial charge in [-0.3, -0.25) is 5.10 Å². The fourth-order valence-electron chi connectivity index (χ4n) is 1.90. The fraction of sp³-hybridized carbons (Fsp3) is 0.154. The predicted octanol–water partition coefficient (Wildman–Crippen LogP) is 3.32. The molecule has 1 aromatic carbocycles. The van der Waals surface area contributed by atoms with Crippen molar-refractivity contribution in [1.29, 1.82) is 0 Å². The van der Waals surface area contributed by atoms with Crippen molar-refractivity contribution in [2.45, 2.75) is 6.92 Å². The molecule has 0 aliphatic carbocycles. The summed E-state index contributed by atoms with van der Waals surface area (Å²) in [7, 11) is 0. The van der Waals surface area contributed by atoms with E-state index in [-0.39, 0.29) is 10.7 Å². The van der Waals surface area contributed by atoms with Gasteiger partial charge in [0.05, 0.1) is 22.3 Å². The van der Waals surface area contributed by atoms with Crippen LogP contribution in [0.15, 0.2) is 24.4 Å². The highest BCUT2D eigenvalue weighted by Crippen LogP contribution is 2.30. The standard InChI is InChI=1S/C13H12ClFN6/c1-2-16-13-19-11(7-6-17-21-12(7)20-13)18-10-8(14)4-3-5-9(10)15/h3-6H,2H2,1H3,(H3,16,17,18,19,20,21). The molecule has 0 amide bonds. The number of nitrogens with one attached hydrogen (secondary N) is 3. The van der Waals surface area contributed by atoms with Crippen LogP contribution in [0.3, 0.4) is 0 Å². The SMILES string of the molecule is CCNc1nc(Nc2c(F)cccc2Cl)c2cn[nH]c2n1. The maximum absolute atomic E-state index is 13.9. The Morgan fingerprint density at radius 3 is 2.95 bits per heavy atom. The molecule has 0 radical (unpaired) electrons. The number of nitrogens with zero attached hydrogens (tertiary/aromatic N) is 3. The van der Waals surface area contributed by atoms with Crippen LogP contribution in [0.2, 0.25) is 5.02 Å². The maximum atomic E-state index is 13.9. The van der Waals surface area contributed by atoms with Crippen molar-refractivity contribution < 1.29 is 4.39 Å². The number of halogens is 2. The molecule has 2 heterocycles. The quantitative estimate of drug-likeness (QED) is 0.689. The van der Waals surface area contributed by atoms with Crippen LogP contribution in [-0.4, -0.2) is 26.7 Å². The number of hydrogen-bond donors (Lipinski definition) is 3. The fourth-order valence-corrected chi connectivity index (χ4v) is 2.11. The van der Waals surface area contributed by atoms with E-state index in [1.807, 2.05) is 6.92 Å². The molecule has 6 nitrogen and oxygen atoms in total. The zero-order chi connectivity index (χ0) is 14.8. The Morgan fingerprint density at radius 2 is 2.19 bits per heavy atom. The lowest BCUT2D eigenvalue weighted by Gasteiger charge is -2.11. The summed E-state index contributed by atoms with van der Waals surface area (Å²) >= 11 is 6.02. The monoisotopic (exact) mass is 306 g/mol. The Morgan fingerprint density at radius 1 is 1.33 bits per heavy atom. The van der Waals surface area contributed by atoms with Gasteiger partial charge in [0.25, 0.3) is 0 Å². The summed E-state index contributed by atoms with van der Waals surface area (Å²) in [5.74, 6) is 0.392. The topological polar surface area (TPSA) is 78.5 Å². The van der Waals surface area contributed by atoms with E-state index in [9.17, 15) is 4.39 Å². The molecular formula is C13H12ClFN6. The summed E-state index contributed by atoms with van der Waals surface area (Å²) in [6.45, 7) is 2.60. The van der Waals surface area contributed by atoms with Crippen LogP contribution in [-0.2, 0) is 0 Å². The van der Waals surface area contributed by atoms with Crippen LogP contribution < -0.4 is 10.6 Å². The second kappa shape index (κ2) is 5.53. The van der Waals surface area contributed by atoms with E-state index >= 15 is 0 Å². The van der Waals surface area contributed by atoms with E-state index in [4.69, 9.17) is 11.6 Å². The van der Waals surface area contributed by atoms with E-state index in [0.29, 0.717) is 29.3 Å². The van der Waals surface area contributed by atoms with Gasteiger partial charge < -0.3 is 10.6 Å². The molecule has 3 rings (SSSR count). The smallest absolute Gasteiger partial charge is 0.226 e.